The molecule has 15 heavy (non-hydrogen) atoms. The van der Waals surface area contributed by atoms with Gasteiger partial charge in [-0.3, -0.25) is 4.79 Å². The first-order valence-electron chi connectivity index (χ1n) is 4.51. The molecule has 0 aliphatic rings. The number of carbonyl (C=O) groups is 1. The van der Waals surface area contributed by atoms with Crippen molar-refractivity contribution in [3.8, 4) is 0 Å². The maximum Gasteiger partial charge on any atom is 0.237 e. The van der Waals surface area contributed by atoms with Crippen LogP contribution in [0.15, 0.2) is 24.3 Å². The largest absolute Gasteiger partial charge is 0.368 e. The van der Waals surface area contributed by atoms with Crippen LogP contribution in [-0.4, -0.2) is 15.5 Å². The zero-order chi connectivity index (χ0) is 10.8. The number of hydrogen-bond acceptors (Lipinski definition) is 2. The number of alkyl halides is 1. The van der Waals surface area contributed by atoms with Crippen molar-refractivity contribution in [3.63, 3.8) is 0 Å². The quantitative estimate of drug-likeness (QED) is 0.797. The minimum absolute atomic E-state index is 0.114. The predicted molar refractivity (Wildman–Crippen MR) is 58.5 cm³/mol. The van der Waals surface area contributed by atoms with Crippen LogP contribution in [0.2, 0.25) is 0 Å². The summed E-state index contributed by atoms with van der Waals surface area (Å²) in [5, 5.41) is 0. The number of primary amides is 1. The van der Waals surface area contributed by atoms with E-state index in [2.05, 4.69) is 4.98 Å². The predicted octanol–water partition coefficient (Wildman–Crippen LogP) is 1.26. The fourth-order valence-corrected chi connectivity index (χ4v) is 1.76. The van der Waals surface area contributed by atoms with E-state index in [0.717, 1.165) is 11.0 Å². The highest BCUT2D eigenvalue weighted by atomic mass is 35.5. The molecule has 0 spiro atoms. The highest BCUT2D eigenvalue weighted by Crippen LogP contribution is 2.16. The van der Waals surface area contributed by atoms with Crippen LogP contribution < -0.4 is 5.73 Å². The molecule has 0 aliphatic carbocycles. The monoisotopic (exact) mass is 223 g/mol. The van der Waals surface area contributed by atoms with E-state index in [0.29, 0.717) is 5.82 Å². The third-order valence-electron chi connectivity index (χ3n) is 2.17. The van der Waals surface area contributed by atoms with Crippen LogP contribution >= 0.6 is 11.6 Å². The first-order chi connectivity index (χ1) is 7.22. The first-order valence-corrected chi connectivity index (χ1v) is 5.04. The van der Waals surface area contributed by atoms with Gasteiger partial charge in [0.05, 0.1) is 16.9 Å². The zero-order valence-corrected chi connectivity index (χ0v) is 8.74. The summed E-state index contributed by atoms with van der Waals surface area (Å²) in [5.74, 6) is 0.531. The lowest BCUT2D eigenvalue weighted by Gasteiger charge is -2.03. The Balaban J connectivity index is 2.61. The smallest absolute Gasteiger partial charge is 0.237 e. The lowest BCUT2D eigenvalue weighted by atomic mass is 10.3. The molecule has 0 unspecified atom stereocenters. The van der Waals surface area contributed by atoms with Gasteiger partial charge < -0.3 is 10.3 Å². The molecule has 1 amide bonds. The third kappa shape index (κ3) is 1.80. The SMILES string of the molecule is NC(=O)Cn1c(CCl)nc2ccccc21. The van der Waals surface area contributed by atoms with Crippen LogP contribution in [0.3, 0.4) is 0 Å². The highest BCUT2D eigenvalue weighted by molar-refractivity contribution is 6.16. The summed E-state index contributed by atoms with van der Waals surface area (Å²) in [6.45, 7) is 0.114. The Hall–Kier alpha value is -1.55. The molecule has 0 atom stereocenters. The number of nitrogens with zero attached hydrogens (tertiary/aromatic N) is 2. The Bertz CT molecular complexity index is 506. The van der Waals surface area contributed by atoms with Crippen molar-refractivity contribution < 1.29 is 4.79 Å². The van der Waals surface area contributed by atoms with Gasteiger partial charge in [-0.2, -0.15) is 0 Å². The van der Waals surface area contributed by atoms with Gasteiger partial charge in [-0.05, 0) is 12.1 Å². The lowest BCUT2D eigenvalue weighted by molar-refractivity contribution is -0.118. The maximum absolute atomic E-state index is 10.9. The van der Waals surface area contributed by atoms with Crippen LogP contribution in [0.5, 0.6) is 0 Å². The van der Waals surface area contributed by atoms with Crippen molar-refractivity contribution >= 4 is 28.5 Å². The van der Waals surface area contributed by atoms with E-state index in [-0.39, 0.29) is 12.4 Å². The molecule has 2 aromatic rings. The average Bonchev–Trinajstić information content (AvgIpc) is 2.56. The van der Waals surface area contributed by atoms with Gasteiger partial charge in [0, 0.05) is 0 Å². The Kier molecular flexibility index (Phi) is 2.60. The minimum atomic E-state index is -0.399. The number of benzene rings is 1. The molecular formula is C10H10ClN3O. The molecule has 0 bridgehead atoms. The van der Waals surface area contributed by atoms with Gasteiger partial charge in [-0.1, -0.05) is 12.1 Å². The van der Waals surface area contributed by atoms with Crippen LogP contribution in [0, 0.1) is 0 Å². The summed E-state index contributed by atoms with van der Waals surface area (Å²) < 4.78 is 1.74. The van der Waals surface area contributed by atoms with E-state index >= 15 is 0 Å². The number of para-hydroxylation sites is 2. The molecule has 78 valence electrons. The van der Waals surface area contributed by atoms with Gasteiger partial charge in [-0.15, -0.1) is 11.6 Å². The molecule has 4 nitrogen and oxygen atoms in total. The molecule has 0 saturated heterocycles. The normalized spacial score (nSPS) is 10.7. The standard InChI is InChI=1S/C10H10ClN3O/c11-5-10-13-7-3-1-2-4-8(7)14(10)6-9(12)15/h1-4H,5-6H2,(H2,12,15). The molecule has 0 saturated carbocycles. The third-order valence-corrected chi connectivity index (χ3v) is 2.41. The summed E-state index contributed by atoms with van der Waals surface area (Å²) in [6, 6.07) is 7.55. The fourth-order valence-electron chi connectivity index (χ4n) is 1.56. The summed E-state index contributed by atoms with van der Waals surface area (Å²) in [4.78, 5) is 15.2. The summed E-state index contributed by atoms with van der Waals surface area (Å²) >= 11 is 5.75. The Morgan fingerprint density at radius 1 is 1.47 bits per heavy atom. The molecule has 0 aliphatic heterocycles. The molecule has 5 heteroatoms. The zero-order valence-electron chi connectivity index (χ0n) is 7.98. The maximum atomic E-state index is 10.9. The molecule has 1 aromatic carbocycles. The number of rotatable bonds is 3. The minimum Gasteiger partial charge on any atom is -0.368 e. The second kappa shape index (κ2) is 3.90. The highest BCUT2D eigenvalue weighted by Gasteiger charge is 2.10. The average molecular weight is 224 g/mol. The number of fused-ring (bicyclic) bond motifs is 1. The van der Waals surface area contributed by atoms with E-state index in [1.807, 2.05) is 24.3 Å². The molecule has 0 radical (unpaired) electrons. The van der Waals surface area contributed by atoms with Gasteiger partial charge in [0.15, 0.2) is 0 Å². The molecule has 1 aromatic heterocycles. The van der Waals surface area contributed by atoms with E-state index < -0.39 is 5.91 Å². The molecule has 2 rings (SSSR count). The van der Waals surface area contributed by atoms with Crippen molar-refractivity contribution in [3.05, 3.63) is 30.1 Å². The van der Waals surface area contributed by atoms with Crippen LogP contribution in [0.1, 0.15) is 5.82 Å². The molecular weight excluding hydrogens is 214 g/mol. The number of aromatic nitrogens is 2. The Morgan fingerprint density at radius 2 is 2.20 bits per heavy atom. The number of hydrogen-bond donors (Lipinski definition) is 1. The summed E-state index contributed by atoms with van der Waals surface area (Å²) in [5.41, 5.74) is 6.88. The van der Waals surface area contributed by atoms with Crippen LogP contribution in [-0.2, 0) is 17.2 Å². The van der Waals surface area contributed by atoms with Gasteiger partial charge in [0.25, 0.3) is 0 Å². The molecule has 2 N–H and O–H groups in total. The lowest BCUT2D eigenvalue weighted by Crippen LogP contribution is -2.19. The van der Waals surface area contributed by atoms with E-state index in [9.17, 15) is 4.79 Å². The van der Waals surface area contributed by atoms with Crippen LogP contribution in [0.25, 0.3) is 11.0 Å². The van der Waals surface area contributed by atoms with E-state index in [4.69, 9.17) is 17.3 Å². The number of nitrogens with two attached hydrogens (primary N) is 1. The van der Waals surface area contributed by atoms with Crippen molar-refractivity contribution in [2.75, 3.05) is 0 Å². The molecule has 0 fully saturated rings. The van der Waals surface area contributed by atoms with Gasteiger partial charge in [0.1, 0.15) is 12.4 Å². The second-order valence-corrected chi connectivity index (χ2v) is 3.47. The Morgan fingerprint density at radius 3 is 2.87 bits per heavy atom. The van der Waals surface area contributed by atoms with E-state index in [1.54, 1.807) is 4.57 Å². The van der Waals surface area contributed by atoms with Crippen molar-refractivity contribution in [2.24, 2.45) is 5.73 Å². The van der Waals surface area contributed by atoms with Crippen LogP contribution in [0.4, 0.5) is 0 Å². The topological polar surface area (TPSA) is 60.9 Å². The van der Waals surface area contributed by atoms with Gasteiger partial charge in [0.2, 0.25) is 5.91 Å². The number of halogens is 1. The van der Waals surface area contributed by atoms with Gasteiger partial charge in [-0.25, -0.2) is 4.98 Å². The van der Waals surface area contributed by atoms with Gasteiger partial charge >= 0.3 is 0 Å². The Labute approximate surface area is 91.7 Å². The second-order valence-electron chi connectivity index (χ2n) is 3.20. The summed E-state index contributed by atoms with van der Waals surface area (Å²) in [6.07, 6.45) is 0. The van der Waals surface area contributed by atoms with Crippen molar-refractivity contribution in [2.45, 2.75) is 12.4 Å². The summed E-state index contributed by atoms with van der Waals surface area (Å²) in [7, 11) is 0. The van der Waals surface area contributed by atoms with Crippen molar-refractivity contribution in [1.82, 2.24) is 9.55 Å². The number of imidazole rings is 1. The fraction of sp³-hybridized carbons (Fsp3) is 0.200. The van der Waals surface area contributed by atoms with E-state index in [1.165, 1.54) is 0 Å². The van der Waals surface area contributed by atoms with Crippen molar-refractivity contribution in [1.29, 1.82) is 0 Å². The first kappa shape index (κ1) is 9.98. The number of carbonyl (C=O) groups excluding carboxylic acids is 1. The number of amides is 1. The molecule has 1 heterocycles.